The first-order valence-electron chi connectivity index (χ1n) is 6.30. The van der Waals surface area contributed by atoms with Crippen LogP contribution in [0.25, 0.3) is 10.9 Å². The van der Waals surface area contributed by atoms with Gasteiger partial charge in [-0.1, -0.05) is 37.2 Å². The minimum absolute atomic E-state index is 0.417. The molecular weight excluding hydrogens is 322 g/mol. The van der Waals surface area contributed by atoms with Crippen LogP contribution in [0.15, 0.2) is 27.6 Å². The Labute approximate surface area is 126 Å². The third-order valence-corrected chi connectivity index (χ3v) is 4.59. The van der Waals surface area contributed by atoms with E-state index in [1.165, 1.54) is 22.2 Å². The van der Waals surface area contributed by atoms with Crippen molar-refractivity contribution in [3.8, 4) is 0 Å². The normalized spacial score (nSPS) is 11.5. The highest BCUT2D eigenvalue weighted by atomic mass is 79.9. The van der Waals surface area contributed by atoms with Gasteiger partial charge in [-0.25, -0.2) is 0 Å². The van der Waals surface area contributed by atoms with E-state index in [1.807, 2.05) is 12.1 Å². The summed E-state index contributed by atoms with van der Waals surface area (Å²) in [5, 5.41) is 1.12. The fraction of sp³-hybridized carbons (Fsp3) is 0.357. The second-order valence-corrected chi connectivity index (χ2v) is 6.52. The van der Waals surface area contributed by atoms with Crippen molar-refractivity contribution in [2.45, 2.75) is 37.1 Å². The first kappa shape index (κ1) is 14.8. The summed E-state index contributed by atoms with van der Waals surface area (Å²) in [6.45, 7) is 4.22. The number of thioether (sulfide) groups is 1. The minimum atomic E-state index is -0.417. The average molecular weight is 340 g/mol. The molecule has 0 atom stereocenters. The number of nitrogens with two attached hydrogens (primary N) is 2. The molecule has 1 aromatic heterocycles. The van der Waals surface area contributed by atoms with Crippen LogP contribution in [0.1, 0.15) is 24.6 Å². The Hall–Kier alpha value is -0.620. The second kappa shape index (κ2) is 6.22. The van der Waals surface area contributed by atoms with Crippen LogP contribution in [-0.2, 0) is 6.42 Å². The SMILES string of the molecule is CCCc1c(C)nc2c(Br)cccc2c1SC(N)N. The first-order valence-corrected chi connectivity index (χ1v) is 7.97. The van der Waals surface area contributed by atoms with Crippen molar-refractivity contribution in [3.05, 3.63) is 33.9 Å². The lowest BCUT2D eigenvalue weighted by Gasteiger charge is -2.16. The predicted octanol–water partition coefficient (Wildman–Crippen LogP) is 3.55. The molecule has 3 nitrogen and oxygen atoms in total. The van der Waals surface area contributed by atoms with Gasteiger partial charge in [0.15, 0.2) is 0 Å². The van der Waals surface area contributed by atoms with E-state index >= 15 is 0 Å². The van der Waals surface area contributed by atoms with Crippen LogP contribution in [0.5, 0.6) is 0 Å². The lowest BCUT2D eigenvalue weighted by Crippen LogP contribution is -2.26. The molecule has 0 radical (unpaired) electrons. The van der Waals surface area contributed by atoms with Gasteiger partial charge in [-0.05, 0) is 40.9 Å². The molecule has 0 fully saturated rings. The quantitative estimate of drug-likeness (QED) is 0.660. The lowest BCUT2D eigenvalue weighted by molar-refractivity contribution is 0.879. The summed E-state index contributed by atoms with van der Waals surface area (Å²) in [7, 11) is 0. The summed E-state index contributed by atoms with van der Waals surface area (Å²) >= 11 is 5.07. The standard InChI is InChI=1S/C14H18BrN3S/c1-3-5-9-8(2)18-12-10(6-4-7-11(12)15)13(9)19-14(16)17/h4,6-7,14H,3,5,16-17H2,1-2H3. The Balaban J connectivity index is 2.74. The highest BCUT2D eigenvalue weighted by Gasteiger charge is 2.15. The van der Waals surface area contributed by atoms with E-state index < -0.39 is 5.50 Å². The van der Waals surface area contributed by atoms with Crippen molar-refractivity contribution in [2.75, 3.05) is 0 Å². The van der Waals surface area contributed by atoms with Crippen molar-refractivity contribution in [3.63, 3.8) is 0 Å². The van der Waals surface area contributed by atoms with E-state index in [4.69, 9.17) is 16.5 Å². The number of benzene rings is 1. The molecule has 4 N–H and O–H groups in total. The maximum absolute atomic E-state index is 5.78. The molecule has 0 bridgehead atoms. The van der Waals surface area contributed by atoms with Crippen LogP contribution >= 0.6 is 27.7 Å². The Kier molecular flexibility index (Phi) is 4.84. The van der Waals surface area contributed by atoms with E-state index in [-0.39, 0.29) is 0 Å². The minimum Gasteiger partial charge on any atom is -0.307 e. The molecule has 102 valence electrons. The Morgan fingerprint density at radius 1 is 1.37 bits per heavy atom. The van der Waals surface area contributed by atoms with Gasteiger partial charge in [0.25, 0.3) is 0 Å². The summed E-state index contributed by atoms with van der Waals surface area (Å²) in [6.07, 6.45) is 2.08. The van der Waals surface area contributed by atoms with E-state index in [0.717, 1.165) is 33.9 Å². The van der Waals surface area contributed by atoms with Gasteiger partial charge in [-0.3, -0.25) is 4.98 Å². The summed E-state index contributed by atoms with van der Waals surface area (Å²) in [4.78, 5) is 5.89. The highest BCUT2D eigenvalue weighted by Crippen LogP contribution is 2.35. The van der Waals surface area contributed by atoms with Crippen LogP contribution in [0.2, 0.25) is 0 Å². The smallest absolute Gasteiger partial charge is 0.105 e. The van der Waals surface area contributed by atoms with E-state index in [9.17, 15) is 0 Å². The molecule has 0 spiro atoms. The molecule has 0 aliphatic heterocycles. The summed E-state index contributed by atoms with van der Waals surface area (Å²) in [5.41, 5.74) is 14.4. The molecule has 19 heavy (non-hydrogen) atoms. The molecule has 0 unspecified atom stereocenters. The number of pyridine rings is 1. The van der Waals surface area contributed by atoms with E-state index in [2.05, 4.69) is 35.8 Å². The Morgan fingerprint density at radius 2 is 2.11 bits per heavy atom. The van der Waals surface area contributed by atoms with Gasteiger partial charge in [0.1, 0.15) is 5.50 Å². The number of nitrogens with zero attached hydrogens (tertiary/aromatic N) is 1. The van der Waals surface area contributed by atoms with Gasteiger partial charge in [-0.2, -0.15) is 0 Å². The van der Waals surface area contributed by atoms with Gasteiger partial charge in [0.2, 0.25) is 0 Å². The fourth-order valence-corrected chi connectivity index (χ4v) is 3.60. The molecule has 2 rings (SSSR count). The van der Waals surface area contributed by atoms with Crippen LogP contribution in [0.3, 0.4) is 0 Å². The van der Waals surface area contributed by atoms with Gasteiger partial charge >= 0.3 is 0 Å². The number of aryl methyl sites for hydroxylation is 1. The molecule has 1 heterocycles. The lowest BCUT2D eigenvalue weighted by atomic mass is 10.1. The van der Waals surface area contributed by atoms with Gasteiger partial charge in [0, 0.05) is 20.4 Å². The van der Waals surface area contributed by atoms with Crippen LogP contribution in [-0.4, -0.2) is 10.5 Å². The first-order chi connectivity index (χ1) is 9.04. The van der Waals surface area contributed by atoms with Crippen molar-refractivity contribution in [1.82, 2.24) is 4.98 Å². The molecule has 5 heteroatoms. The highest BCUT2D eigenvalue weighted by molar-refractivity contribution is 9.10. The number of rotatable bonds is 4. The average Bonchev–Trinajstić information content (AvgIpc) is 2.34. The maximum Gasteiger partial charge on any atom is 0.105 e. The molecule has 2 aromatic rings. The van der Waals surface area contributed by atoms with Crippen molar-refractivity contribution in [1.29, 1.82) is 0 Å². The number of fused-ring (bicyclic) bond motifs is 1. The van der Waals surface area contributed by atoms with Crippen LogP contribution in [0, 0.1) is 6.92 Å². The number of hydrogen-bond acceptors (Lipinski definition) is 4. The van der Waals surface area contributed by atoms with Gasteiger partial charge < -0.3 is 11.5 Å². The Bertz CT molecular complexity index is 599. The third-order valence-electron chi connectivity index (χ3n) is 2.98. The molecule has 0 aliphatic rings. The monoisotopic (exact) mass is 339 g/mol. The predicted molar refractivity (Wildman–Crippen MR) is 86.2 cm³/mol. The van der Waals surface area contributed by atoms with Crippen molar-refractivity contribution >= 4 is 38.6 Å². The van der Waals surface area contributed by atoms with Crippen LogP contribution < -0.4 is 11.5 Å². The molecule has 0 saturated heterocycles. The van der Waals surface area contributed by atoms with Gasteiger partial charge in [0.05, 0.1) is 5.52 Å². The number of halogens is 1. The molecular formula is C14H18BrN3S. The summed E-state index contributed by atoms with van der Waals surface area (Å²) in [5.74, 6) is 0. The summed E-state index contributed by atoms with van der Waals surface area (Å²) < 4.78 is 1.00. The zero-order valence-electron chi connectivity index (χ0n) is 11.1. The molecule has 0 saturated carbocycles. The zero-order chi connectivity index (χ0) is 14.0. The molecule has 1 aromatic carbocycles. The fourth-order valence-electron chi connectivity index (χ4n) is 2.19. The van der Waals surface area contributed by atoms with Crippen molar-refractivity contribution < 1.29 is 0 Å². The van der Waals surface area contributed by atoms with Crippen molar-refractivity contribution in [2.24, 2.45) is 11.5 Å². The Morgan fingerprint density at radius 3 is 2.74 bits per heavy atom. The zero-order valence-corrected chi connectivity index (χ0v) is 13.5. The van der Waals surface area contributed by atoms with E-state index in [1.54, 1.807) is 0 Å². The van der Waals surface area contributed by atoms with Crippen LogP contribution in [0.4, 0.5) is 0 Å². The van der Waals surface area contributed by atoms with E-state index in [0.29, 0.717) is 0 Å². The molecule has 0 amide bonds. The summed E-state index contributed by atoms with van der Waals surface area (Å²) in [6, 6.07) is 6.10. The molecule has 0 aliphatic carbocycles. The van der Waals surface area contributed by atoms with Gasteiger partial charge in [-0.15, -0.1) is 0 Å². The largest absolute Gasteiger partial charge is 0.307 e. The number of hydrogen-bond donors (Lipinski definition) is 2. The number of para-hydroxylation sites is 1. The number of aromatic nitrogens is 1. The maximum atomic E-state index is 5.78. The third kappa shape index (κ3) is 3.11. The topological polar surface area (TPSA) is 64.9 Å². The second-order valence-electron chi connectivity index (χ2n) is 4.47.